The van der Waals surface area contributed by atoms with Crippen LogP contribution in [0.5, 0.6) is 11.5 Å². The van der Waals surface area contributed by atoms with Gasteiger partial charge in [-0.3, -0.25) is 9.78 Å². The summed E-state index contributed by atoms with van der Waals surface area (Å²) in [5.74, 6) is 2.05. The molecule has 0 radical (unpaired) electrons. The first-order valence-electron chi connectivity index (χ1n) is 9.89. The monoisotopic (exact) mass is 386 g/mol. The number of hydrogen-bond acceptors (Lipinski definition) is 4. The number of fused-ring (bicyclic) bond motifs is 1. The number of nitrogens with zero attached hydrogens (tertiary/aromatic N) is 2. The van der Waals surface area contributed by atoms with E-state index in [1.165, 1.54) is 5.56 Å². The number of ether oxygens (including phenoxy) is 2. The molecule has 0 saturated heterocycles. The molecule has 0 unspecified atom stereocenters. The Balaban J connectivity index is 1.36. The Morgan fingerprint density at radius 1 is 0.966 bits per heavy atom. The number of hydrogen-bond donors (Lipinski definition) is 0. The minimum Gasteiger partial charge on any atom is -0.454 e. The van der Waals surface area contributed by atoms with E-state index in [-0.39, 0.29) is 18.6 Å². The van der Waals surface area contributed by atoms with E-state index in [0.29, 0.717) is 19.0 Å². The average molecular weight is 386 g/mol. The number of carbonyl (C=O) groups excluding carboxylic acids is 1. The molecule has 3 aromatic rings. The van der Waals surface area contributed by atoms with Gasteiger partial charge in [-0.05, 0) is 47.2 Å². The molecule has 1 amide bonds. The molecule has 1 saturated carbocycles. The summed E-state index contributed by atoms with van der Waals surface area (Å²) >= 11 is 0. The summed E-state index contributed by atoms with van der Waals surface area (Å²) in [5, 5.41) is 0. The fourth-order valence-electron chi connectivity index (χ4n) is 3.95. The molecule has 0 spiro atoms. The Kier molecular flexibility index (Phi) is 4.64. The molecular formula is C24H22N2O3. The Bertz CT molecular complexity index is 1010. The minimum absolute atomic E-state index is 0.0445. The molecule has 146 valence electrons. The summed E-state index contributed by atoms with van der Waals surface area (Å²) in [6.45, 7) is 1.32. The second kappa shape index (κ2) is 7.59. The molecule has 1 aromatic heterocycles. The Morgan fingerprint density at radius 3 is 2.62 bits per heavy atom. The molecule has 2 aliphatic rings. The molecule has 2 aromatic carbocycles. The quantitative estimate of drug-likeness (QED) is 0.639. The smallest absolute Gasteiger partial charge is 0.231 e. The van der Waals surface area contributed by atoms with Crippen LogP contribution in [0.25, 0.3) is 0 Å². The number of rotatable bonds is 6. The van der Waals surface area contributed by atoms with Crippen molar-refractivity contribution in [3.8, 4) is 11.5 Å². The lowest BCUT2D eigenvalue weighted by molar-refractivity contribution is -0.134. The first-order chi connectivity index (χ1) is 14.3. The van der Waals surface area contributed by atoms with Crippen LogP contribution in [0.1, 0.15) is 29.0 Å². The lowest BCUT2D eigenvalue weighted by atomic mass is 10.1. The average Bonchev–Trinajstić information content (AvgIpc) is 3.44. The topological polar surface area (TPSA) is 51.7 Å². The van der Waals surface area contributed by atoms with Gasteiger partial charge in [0.25, 0.3) is 0 Å². The van der Waals surface area contributed by atoms with Crippen LogP contribution in [-0.2, 0) is 17.9 Å². The maximum absolute atomic E-state index is 13.4. The third-order valence-electron chi connectivity index (χ3n) is 5.55. The van der Waals surface area contributed by atoms with Crippen LogP contribution >= 0.6 is 0 Å². The standard InChI is InChI=1S/C24H22N2O3/c27-24(21-12-20(21)19-6-2-1-3-7-19)26(15-18-5-4-10-25-13-18)14-17-8-9-22-23(11-17)29-16-28-22/h1-11,13,20-21H,12,14-16H2/t20-,21-/m0/s1. The minimum atomic E-state index is 0.0445. The van der Waals surface area contributed by atoms with E-state index in [1.54, 1.807) is 6.20 Å². The highest BCUT2D eigenvalue weighted by atomic mass is 16.7. The summed E-state index contributed by atoms with van der Waals surface area (Å²) in [6, 6.07) is 20.1. The van der Waals surface area contributed by atoms with Crippen molar-refractivity contribution in [3.63, 3.8) is 0 Å². The highest BCUT2D eigenvalue weighted by Gasteiger charge is 2.45. The number of amides is 1. The van der Waals surface area contributed by atoms with Crippen molar-refractivity contribution in [3.05, 3.63) is 89.7 Å². The van der Waals surface area contributed by atoms with Crippen molar-refractivity contribution in [1.82, 2.24) is 9.88 Å². The Labute approximate surface area is 169 Å². The summed E-state index contributed by atoms with van der Waals surface area (Å²) in [6.07, 6.45) is 4.48. The molecule has 1 aliphatic carbocycles. The number of aromatic nitrogens is 1. The second-order valence-corrected chi connectivity index (χ2v) is 7.60. The van der Waals surface area contributed by atoms with E-state index in [9.17, 15) is 4.79 Å². The number of pyridine rings is 1. The SMILES string of the molecule is O=C([C@H]1C[C@H]1c1ccccc1)N(Cc1cccnc1)Cc1ccc2c(c1)OCO2. The van der Waals surface area contributed by atoms with Gasteiger partial charge >= 0.3 is 0 Å². The third kappa shape index (κ3) is 3.81. The molecule has 5 nitrogen and oxygen atoms in total. The molecule has 0 bridgehead atoms. The second-order valence-electron chi connectivity index (χ2n) is 7.60. The van der Waals surface area contributed by atoms with Gasteiger partial charge in [0.2, 0.25) is 12.7 Å². The number of carbonyl (C=O) groups is 1. The van der Waals surface area contributed by atoms with Crippen LogP contribution in [0.2, 0.25) is 0 Å². The molecule has 5 rings (SSSR count). The van der Waals surface area contributed by atoms with Gasteiger partial charge in [-0.1, -0.05) is 42.5 Å². The van der Waals surface area contributed by atoms with Crippen molar-refractivity contribution in [2.75, 3.05) is 6.79 Å². The van der Waals surface area contributed by atoms with Crippen molar-refractivity contribution in [2.45, 2.75) is 25.4 Å². The van der Waals surface area contributed by atoms with Gasteiger partial charge < -0.3 is 14.4 Å². The zero-order valence-electron chi connectivity index (χ0n) is 16.0. The summed E-state index contributed by atoms with van der Waals surface area (Å²) < 4.78 is 10.9. The highest BCUT2D eigenvalue weighted by Crippen LogP contribution is 2.48. The van der Waals surface area contributed by atoms with Crippen molar-refractivity contribution in [2.24, 2.45) is 5.92 Å². The summed E-state index contributed by atoms with van der Waals surface area (Å²) in [4.78, 5) is 19.5. The predicted molar refractivity (Wildman–Crippen MR) is 108 cm³/mol. The van der Waals surface area contributed by atoms with E-state index < -0.39 is 0 Å². The predicted octanol–water partition coefficient (Wildman–Crippen LogP) is 4.14. The summed E-state index contributed by atoms with van der Waals surface area (Å²) in [7, 11) is 0. The van der Waals surface area contributed by atoms with E-state index in [1.807, 2.05) is 59.6 Å². The maximum atomic E-state index is 13.4. The first-order valence-corrected chi connectivity index (χ1v) is 9.89. The zero-order valence-corrected chi connectivity index (χ0v) is 16.0. The van der Waals surface area contributed by atoms with Crippen molar-refractivity contribution in [1.29, 1.82) is 0 Å². The molecule has 1 aliphatic heterocycles. The molecule has 5 heteroatoms. The third-order valence-corrected chi connectivity index (χ3v) is 5.55. The maximum Gasteiger partial charge on any atom is 0.231 e. The van der Waals surface area contributed by atoms with E-state index in [0.717, 1.165) is 29.0 Å². The van der Waals surface area contributed by atoms with Gasteiger partial charge in [0.1, 0.15) is 0 Å². The van der Waals surface area contributed by atoms with Crippen molar-refractivity contribution < 1.29 is 14.3 Å². The van der Waals surface area contributed by atoms with Crippen LogP contribution in [0.15, 0.2) is 73.1 Å². The lowest BCUT2D eigenvalue weighted by Gasteiger charge is -2.23. The lowest BCUT2D eigenvalue weighted by Crippen LogP contribution is -2.31. The molecule has 2 atom stereocenters. The van der Waals surface area contributed by atoms with Gasteiger partial charge in [-0.2, -0.15) is 0 Å². The van der Waals surface area contributed by atoms with Crippen LogP contribution in [-0.4, -0.2) is 22.6 Å². The van der Waals surface area contributed by atoms with Gasteiger partial charge in [-0.15, -0.1) is 0 Å². The normalized spacial score (nSPS) is 19.0. The van der Waals surface area contributed by atoms with Gasteiger partial charge in [0.15, 0.2) is 11.5 Å². The van der Waals surface area contributed by atoms with Crippen LogP contribution < -0.4 is 9.47 Å². The van der Waals surface area contributed by atoms with Crippen LogP contribution in [0.3, 0.4) is 0 Å². The summed E-state index contributed by atoms with van der Waals surface area (Å²) in [5.41, 5.74) is 3.30. The van der Waals surface area contributed by atoms with Gasteiger partial charge in [0, 0.05) is 31.4 Å². The largest absolute Gasteiger partial charge is 0.454 e. The van der Waals surface area contributed by atoms with E-state index >= 15 is 0 Å². The fraction of sp³-hybridized carbons (Fsp3) is 0.250. The molecular weight excluding hydrogens is 364 g/mol. The Morgan fingerprint density at radius 2 is 1.79 bits per heavy atom. The molecule has 0 N–H and O–H groups in total. The molecule has 1 fully saturated rings. The van der Waals surface area contributed by atoms with Crippen LogP contribution in [0.4, 0.5) is 0 Å². The van der Waals surface area contributed by atoms with Gasteiger partial charge in [-0.25, -0.2) is 0 Å². The van der Waals surface area contributed by atoms with Crippen LogP contribution in [0, 0.1) is 5.92 Å². The van der Waals surface area contributed by atoms with Crippen molar-refractivity contribution >= 4 is 5.91 Å². The molecule has 2 heterocycles. The highest BCUT2D eigenvalue weighted by molar-refractivity contribution is 5.83. The zero-order chi connectivity index (χ0) is 19.6. The van der Waals surface area contributed by atoms with E-state index in [4.69, 9.17) is 9.47 Å². The Hall–Kier alpha value is -3.34. The first kappa shape index (κ1) is 17.7. The van der Waals surface area contributed by atoms with Gasteiger partial charge in [0.05, 0.1) is 0 Å². The number of benzene rings is 2. The van der Waals surface area contributed by atoms with E-state index in [2.05, 4.69) is 17.1 Å². The fourth-order valence-corrected chi connectivity index (χ4v) is 3.95. The molecule has 29 heavy (non-hydrogen) atoms.